The molecule has 0 spiro atoms. The third-order valence-electron chi connectivity index (χ3n) is 4.54. The van der Waals surface area contributed by atoms with Gasteiger partial charge in [0.2, 0.25) is 0 Å². The summed E-state index contributed by atoms with van der Waals surface area (Å²) in [4.78, 5) is 4.28. The fourth-order valence-electron chi connectivity index (χ4n) is 3.29. The standard InChI is InChI=1S/C23H19N/c1-2-9-20(10-3-1)23(15-18-7-6-14-24-17-18)22-13-12-19-8-4-5-11-21(19)16-22/h1-14,16-17,23H,15H2. The van der Waals surface area contributed by atoms with Gasteiger partial charge < -0.3 is 0 Å². The van der Waals surface area contributed by atoms with E-state index in [-0.39, 0.29) is 0 Å². The van der Waals surface area contributed by atoms with Gasteiger partial charge in [-0.3, -0.25) is 4.98 Å². The van der Waals surface area contributed by atoms with Gasteiger partial charge >= 0.3 is 0 Å². The summed E-state index contributed by atoms with van der Waals surface area (Å²) < 4.78 is 0. The number of rotatable bonds is 4. The molecular formula is C23H19N. The van der Waals surface area contributed by atoms with E-state index in [0.717, 1.165) is 6.42 Å². The molecule has 0 aliphatic carbocycles. The minimum Gasteiger partial charge on any atom is -0.264 e. The Kier molecular flexibility index (Phi) is 4.07. The van der Waals surface area contributed by atoms with Gasteiger partial charge in [-0.05, 0) is 39.9 Å². The van der Waals surface area contributed by atoms with Crippen LogP contribution in [0.2, 0.25) is 0 Å². The van der Waals surface area contributed by atoms with Gasteiger partial charge in [0, 0.05) is 18.3 Å². The highest BCUT2D eigenvalue weighted by molar-refractivity contribution is 5.83. The van der Waals surface area contributed by atoms with Gasteiger partial charge in [-0.15, -0.1) is 0 Å². The molecule has 0 saturated heterocycles. The smallest absolute Gasteiger partial charge is 0.0300 e. The second kappa shape index (κ2) is 6.67. The van der Waals surface area contributed by atoms with Crippen molar-refractivity contribution in [2.75, 3.05) is 0 Å². The van der Waals surface area contributed by atoms with Gasteiger partial charge in [0.25, 0.3) is 0 Å². The minimum atomic E-state index is 0.333. The Morgan fingerprint density at radius 3 is 2.25 bits per heavy atom. The molecule has 1 heterocycles. The first-order chi connectivity index (χ1) is 11.9. The number of nitrogens with zero attached hydrogens (tertiary/aromatic N) is 1. The molecule has 1 aromatic heterocycles. The molecule has 0 saturated carbocycles. The Balaban J connectivity index is 1.78. The Bertz CT molecular complexity index is 929. The maximum Gasteiger partial charge on any atom is 0.0300 e. The number of hydrogen-bond acceptors (Lipinski definition) is 1. The first-order valence-electron chi connectivity index (χ1n) is 8.33. The van der Waals surface area contributed by atoms with E-state index in [0.29, 0.717) is 5.92 Å². The molecule has 24 heavy (non-hydrogen) atoms. The maximum absolute atomic E-state index is 4.28. The molecule has 0 radical (unpaired) electrons. The second-order valence-electron chi connectivity index (χ2n) is 6.14. The highest BCUT2D eigenvalue weighted by Crippen LogP contribution is 2.30. The molecule has 0 bridgehead atoms. The summed E-state index contributed by atoms with van der Waals surface area (Å²) in [5.74, 6) is 0.333. The number of fused-ring (bicyclic) bond motifs is 1. The van der Waals surface area contributed by atoms with Crippen molar-refractivity contribution in [1.29, 1.82) is 0 Å². The van der Waals surface area contributed by atoms with E-state index in [1.807, 2.05) is 18.5 Å². The molecule has 4 aromatic rings. The van der Waals surface area contributed by atoms with Gasteiger partial charge in [0.15, 0.2) is 0 Å². The summed E-state index contributed by atoms with van der Waals surface area (Å²) in [5, 5.41) is 2.58. The van der Waals surface area contributed by atoms with Crippen molar-refractivity contribution < 1.29 is 0 Å². The molecule has 0 aliphatic heterocycles. The van der Waals surface area contributed by atoms with Gasteiger partial charge in [-0.25, -0.2) is 0 Å². The molecule has 1 atom stereocenters. The molecular weight excluding hydrogens is 290 g/mol. The fraction of sp³-hybridized carbons (Fsp3) is 0.0870. The lowest BCUT2D eigenvalue weighted by molar-refractivity contribution is 0.803. The van der Waals surface area contributed by atoms with Gasteiger partial charge in [0.05, 0.1) is 0 Å². The molecule has 1 unspecified atom stereocenters. The maximum atomic E-state index is 4.28. The molecule has 0 N–H and O–H groups in total. The second-order valence-corrected chi connectivity index (χ2v) is 6.14. The van der Waals surface area contributed by atoms with Crippen molar-refractivity contribution in [2.45, 2.75) is 12.3 Å². The zero-order valence-corrected chi connectivity index (χ0v) is 13.5. The first-order valence-corrected chi connectivity index (χ1v) is 8.33. The fourth-order valence-corrected chi connectivity index (χ4v) is 3.29. The summed E-state index contributed by atoms with van der Waals surface area (Å²) in [6.45, 7) is 0. The van der Waals surface area contributed by atoms with Crippen LogP contribution in [-0.4, -0.2) is 4.98 Å². The van der Waals surface area contributed by atoms with Gasteiger partial charge in [-0.1, -0.05) is 78.9 Å². The van der Waals surface area contributed by atoms with E-state index in [2.05, 4.69) is 83.8 Å². The van der Waals surface area contributed by atoms with Crippen LogP contribution in [0.1, 0.15) is 22.6 Å². The van der Waals surface area contributed by atoms with Crippen molar-refractivity contribution in [3.05, 3.63) is 114 Å². The monoisotopic (exact) mass is 309 g/mol. The Morgan fingerprint density at radius 1 is 0.667 bits per heavy atom. The van der Waals surface area contributed by atoms with E-state index >= 15 is 0 Å². The summed E-state index contributed by atoms with van der Waals surface area (Å²) in [7, 11) is 0. The average molecular weight is 309 g/mol. The molecule has 0 aliphatic rings. The summed E-state index contributed by atoms with van der Waals surface area (Å²) >= 11 is 0. The third kappa shape index (κ3) is 3.07. The van der Waals surface area contributed by atoms with Crippen molar-refractivity contribution in [3.63, 3.8) is 0 Å². The number of hydrogen-bond donors (Lipinski definition) is 0. The molecule has 0 fully saturated rings. The highest BCUT2D eigenvalue weighted by Gasteiger charge is 2.15. The quantitative estimate of drug-likeness (QED) is 0.477. The van der Waals surface area contributed by atoms with Crippen molar-refractivity contribution >= 4 is 10.8 Å². The van der Waals surface area contributed by atoms with Crippen LogP contribution in [0.5, 0.6) is 0 Å². The molecule has 3 aromatic carbocycles. The van der Waals surface area contributed by atoms with Crippen molar-refractivity contribution in [3.8, 4) is 0 Å². The minimum absolute atomic E-state index is 0.333. The summed E-state index contributed by atoms with van der Waals surface area (Å²) in [6.07, 6.45) is 4.75. The molecule has 116 valence electrons. The van der Waals surface area contributed by atoms with Gasteiger partial charge in [0.1, 0.15) is 0 Å². The van der Waals surface area contributed by atoms with Crippen LogP contribution in [0, 0.1) is 0 Å². The molecule has 0 amide bonds. The number of benzene rings is 3. The van der Waals surface area contributed by atoms with E-state index in [4.69, 9.17) is 0 Å². The molecule has 1 heteroatoms. The average Bonchev–Trinajstić information content (AvgIpc) is 2.67. The van der Waals surface area contributed by atoms with Crippen LogP contribution in [0.25, 0.3) is 10.8 Å². The van der Waals surface area contributed by atoms with Crippen LogP contribution in [0.4, 0.5) is 0 Å². The van der Waals surface area contributed by atoms with Crippen LogP contribution in [-0.2, 0) is 6.42 Å². The highest BCUT2D eigenvalue weighted by atomic mass is 14.6. The third-order valence-corrected chi connectivity index (χ3v) is 4.54. The predicted molar refractivity (Wildman–Crippen MR) is 100 cm³/mol. The van der Waals surface area contributed by atoms with E-state index in [9.17, 15) is 0 Å². The van der Waals surface area contributed by atoms with Crippen LogP contribution < -0.4 is 0 Å². The van der Waals surface area contributed by atoms with E-state index in [1.54, 1.807) is 0 Å². The Hall–Kier alpha value is -2.93. The summed E-state index contributed by atoms with van der Waals surface area (Å²) in [5.41, 5.74) is 3.96. The molecule has 1 nitrogen and oxygen atoms in total. The van der Waals surface area contributed by atoms with Crippen LogP contribution in [0.15, 0.2) is 97.3 Å². The first kappa shape index (κ1) is 14.6. The Labute approximate surface area is 142 Å². The lowest BCUT2D eigenvalue weighted by Crippen LogP contribution is -2.05. The zero-order chi connectivity index (χ0) is 16.2. The molecule has 4 rings (SSSR count). The van der Waals surface area contributed by atoms with Gasteiger partial charge in [-0.2, -0.15) is 0 Å². The SMILES string of the molecule is c1ccc(C(Cc2cccnc2)c2ccc3ccccc3c2)cc1. The zero-order valence-electron chi connectivity index (χ0n) is 13.5. The number of aromatic nitrogens is 1. The topological polar surface area (TPSA) is 12.9 Å². The van der Waals surface area contributed by atoms with Crippen molar-refractivity contribution in [1.82, 2.24) is 4.98 Å². The van der Waals surface area contributed by atoms with Crippen LogP contribution in [0.3, 0.4) is 0 Å². The lowest BCUT2D eigenvalue weighted by Gasteiger charge is -2.19. The number of pyridine rings is 1. The predicted octanol–water partition coefficient (Wildman–Crippen LogP) is 5.61. The van der Waals surface area contributed by atoms with E-state index in [1.165, 1.54) is 27.5 Å². The van der Waals surface area contributed by atoms with E-state index < -0.39 is 0 Å². The summed E-state index contributed by atoms with van der Waals surface area (Å²) in [6, 6.07) is 30.3. The normalized spacial score (nSPS) is 12.2. The largest absolute Gasteiger partial charge is 0.264 e. The van der Waals surface area contributed by atoms with Crippen molar-refractivity contribution in [2.24, 2.45) is 0 Å². The van der Waals surface area contributed by atoms with Crippen LogP contribution >= 0.6 is 0 Å². The Morgan fingerprint density at radius 2 is 1.46 bits per heavy atom. The lowest BCUT2D eigenvalue weighted by atomic mass is 9.85.